The summed E-state index contributed by atoms with van der Waals surface area (Å²) < 4.78 is 2.18. The number of aromatic nitrogens is 2. The standard InChI is InChI=1S/C21H20N2S/c1-15(2)19-5-3-4-6-20(19)17-10-12-23(14-17)24-18-7-8-21-16(13-18)9-11-22-21/h3-15,22H,1-2H3. The van der Waals surface area contributed by atoms with E-state index < -0.39 is 0 Å². The number of fused-ring (bicyclic) bond motifs is 1. The third kappa shape index (κ3) is 2.87. The maximum absolute atomic E-state index is 3.24. The lowest BCUT2D eigenvalue weighted by molar-refractivity contribution is 0.869. The van der Waals surface area contributed by atoms with Gasteiger partial charge in [0.1, 0.15) is 0 Å². The zero-order valence-electron chi connectivity index (χ0n) is 13.9. The molecule has 24 heavy (non-hydrogen) atoms. The van der Waals surface area contributed by atoms with Gasteiger partial charge in [0.05, 0.1) is 0 Å². The monoisotopic (exact) mass is 332 g/mol. The Morgan fingerprint density at radius 2 is 1.88 bits per heavy atom. The molecule has 2 aromatic heterocycles. The summed E-state index contributed by atoms with van der Waals surface area (Å²) in [5.41, 5.74) is 5.18. The maximum atomic E-state index is 3.24. The van der Waals surface area contributed by atoms with E-state index in [0.717, 1.165) is 0 Å². The molecule has 0 aliphatic rings. The Kier molecular flexibility index (Phi) is 3.95. The number of nitrogens with one attached hydrogen (secondary N) is 1. The summed E-state index contributed by atoms with van der Waals surface area (Å²) in [5.74, 6) is 0.521. The Hall–Kier alpha value is -2.39. The van der Waals surface area contributed by atoms with Crippen molar-refractivity contribution in [2.75, 3.05) is 0 Å². The van der Waals surface area contributed by atoms with E-state index in [0.29, 0.717) is 5.92 Å². The highest BCUT2D eigenvalue weighted by atomic mass is 32.2. The summed E-state index contributed by atoms with van der Waals surface area (Å²) in [7, 11) is 0. The molecule has 2 aromatic carbocycles. The van der Waals surface area contributed by atoms with Crippen LogP contribution in [0.3, 0.4) is 0 Å². The summed E-state index contributed by atoms with van der Waals surface area (Å²) >= 11 is 1.74. The van der Waals surface area contributed by atoms with Crippen molar-refractivity contribution >= 4 is 22.9 Å². The van der Waals surface area contributed by atoms with Gasteiger partial charge in [-0.15, -0.1) is 0 Å². The molecule has 1 N–H and O–H groups in total. The molecule has 4 rings (SSSR count). The van der Waals surface area contributed by atoms with Gasteiger partial charge in [0.15, 0.2) is 0 Å². The Labute approximate surface area is 146 Å². The van der Waals surface area contributed by atoms with Crippen LogP contribution < -0.4 is 0 Å². The lowest BCUT2D eigenvalue weighted by atomic mass is 9.94. The van der Waals surface area contributed by atoms with E-state index in [9.17, 15) is 0 Å². The number of aromatic amines is 1. The van der Waals surface area contributed by atoms with Crippen LogP contribution in [0.15, 0.2) is 78.1 Å². The first-order valence-corrected chi connectivity index (χ1v) is 9.01. The van der Waals surface area contributed by atoms with Crippen molar-refractivity contribution in [1.29, 1.82) is 0 Å². The summed E-state index contributed by atoms with van der Waals surface area (Å²) in [6.07, 6.45) is 6.33. The molecular formula is C21H20N2S. The minimum atomic E-state index is 0.521. The molecule has 0 atom stereocenters. The predicted octanol–water partition coefficient (Wildman–Crippen LogP) is 6.32. The Morgan fingerprint density at radius 3 is 2.75 bits per heavy atom. The van der Waals surface area contributed by atoms with Gasteiger partial charge in [0.2, 0.25) is 0 Å². The molecular weight excluding hydrogens is 312 g/mol. The van der Waals surface area contributed by atoms with E-state index in [1.54, 1.807) is 11.9 Å². The minimum Gasteiger partial charge on any atom is -0.361 e. The highest BCUT2D eigenvalue weighted by Crippen LogP contribution is 2.32. The number of nitrogens with zero attached hydrogens (tertiary/aromatic N) is 1. The van der Waals surface area contributed by atoms with E-state index in [2.05, 4.69) is 89.8 Å². The van der Waals surface area contributed by atoms with Gasteiger partial charge >= 0.3 is 0 Å². The predicted molar refractivity (Wildman–Crippen MR) is 104 cm³/mol. The Balaban J connectivity index is 1.63. The lowest BCUT2D eigenvalue weighted by Crippen LogP contribution is -1.91. The fraction of sp³-hybridized carbons (Fsp3) is 0.143. The molecule has 0 amide bonds. The molecule has 3 heteroatoms. The van der Waals surface area contributed by atoms with Crippen LogP contribution in [-0.4, -0.2) is 8.96 Å². The number of benzene rings is 2. The van der Waals surface area contributed by atoms with Gasteiger partial charge in [0, 0.05) is 40.0 Å². The third-order valence-electron chi connectivity index (χ3n) is 4.30. The van der Waals surface area contributed by atoms with Crippen molar-refractivity contribution in [2.45, 2.75) is 24.7 Å². The SMILES string of the molecule is CC(C)c1ccccc1-c1ccn(Sc2ccc3[nH]ccc3c2)c1. The minimum absolute atomic E-state index is 0.521. The van der Waals surface area contributed by atoms with Gasteiger partial charge in [-0.05, 0) is 59.3 Å². The molecule has 0 spiro atoms. The van der Waals surface area contributed by atoms with Crippen LogP contribution in [-0.2, 0) is 0 Å². The molecule has 120 valence electrons. The second-order valence-electron chi connectivity index (χ2n) is 6.32. The van der Waals surface area contributed by atoms with Gasteiger partial charge in [-0.1, -0.05) is 38.1 Å². The second-order valence-corrected chi connectivity index (χ2v) is 7.40. The highest BCUT2D eigenvalue weighted by molar-refractivity contribution is 7.97. The molecule has 0 aliphatic heterocycles. The summed E-state index contributed by atoms with van der Waals surface area (Å²) in [6, 6.07) is 19.5. The molecule has 0 radical (unpaired) electrons. The topological polar surface area (TPSA) is 20.7 Å². The van der Waals surface area contributed by atoms with E-state index >= 15 is 0 Å². The van der Waals surface area contributed by atoms with Crippen LogP contribution in [0.4, 0.5) is 0 Å². The van der Waals surface area contributed by atoms with Crippen molar-refractivity contribution in [2.24, 2.45) is 0 Å². The summed E-state index contributed by atoms with van der Waals surface area (Å²) in [5, 5.41) is 1.25. The van der Waals surface area contributed by atoms with Crippen LogP contribution in [0.2, 0.25) is 0 Å². The number of hydrogen-bond acceptors (Lipinski definition) is 1. The number of rotatable bonds is 4. The maximum Gasteiger partial charge on any atom is 0.0454 e. The van der Waals surface area contributed by atoms with Crippen molar-refractivity contribution < 1.29 is 0 Å². The highest BCUT2D eigenvalue weighted by Gasteiger charge is 2.09. The van der Waals surface area contributed by atoms with Crippen molar-refractivity contribution in [1.82, 2.24) is 8.96 Å². The molecule has 0 aliphatic carbocycles. The van der Waals surface area contributed by atoms with Gasteiger partial charge in [0.25, 0.3) is 0 Å². The van der Waals surface area contributed by atoms with Crippen LogP contribution >= 0.6 is 11.9 Å². The van der Waals surface area contributed by atoms with Crippen LogP contribution in [0, 0.1) is 0 Å². The van der Waals surface area contributed by atoms with Gasteiger partial charge < -0.3 is 4.98 Å². The van der Waals surface area contributed by atoms with Crippen LogP contribution in [0.5, 0.6) is 0 Å². The summed E-state index contributed by atoms with van der Waals surface area (Å²) in [6.45, 7) is 4.49. The normalized spacial score (nSPS) is 11.5. The van der Waals surface area contributed by atoms with E-state index in [-0.39, 0.29) is 0 Å². The van der Waals surface area contributed by atoms with Crippen LogP contribution in [0.25, 0.3) is 22.0 Å². The lowest BCUT2D eigenvalue weighted by Gasteiger charge is -2.11. The largest absolute Gasteiger partial charge is 0.361 e. The molecule has 2 heterocycles. The Bertz CT molecular complexity index is 978. The van der Waals surface area contributed by atoms with Crippen LogP contribution in [0.1, 0.15) is 25.3 Å². The quantitative estimate of drug-likeness (QED) is 0.464. The number of H-pyrrole nitrogens is 1. The third-order valence-corrected chi connectivity index (χ3v) is 5.20. The Morgan fingerprint density at radius 1 is 1.00 bits per heavy atom. The first kappa shape index (κ1) is 15.2. The average molecular weight is 332 g/mol. The second kappa shape index (κ2) is 6.25. The van der Waals surface area contributed by atoms with E-state index in [1.165, 1.54) is 32.5 Å². The smallest absolute Gasteiger partial charge is 0.0454 e. The van der Waals surface area contributed by atoms with Gasteiger partial charge in [-0.25, -0.2) is 0 Å². The first-order valence-electron chi connectivity index (χ1n) is 8.23. The van der Waals surface area contributed by atoms with Gasteiger partial charge in [-0.3, -0.25) is 3.97 Å². The van der Waals surface area contributed by atoms with E-state index in [4.69, 9.17) is 0 Å². The molecule has 0 unspecified atom stereocenters. The van der Waals surface area contributed by atoms with Crippen molar-refractivity contribution in [3.8, 4) is 11.1 Å². The molecule has 0 saturated heterocycles. The van der Waals surface area contributed by atoms with Crippen molar-refractivity contribution in [3.05, 3.63) is 78.8 Å². The zero-order chi connectivity index (χ0) is 16.5. The molecule has 2 nitrogen and oxygen atoms in total. The molecule has 0 bridgehead atoms. The zero-order valence-corrected chi connectivity index (χ0v) is 14.7. The molecule has 0 fully saturated rings. The van der Waals surface area contributed by atoms with Crippen molar-refractivity contribution in [3.63, 3.8) is 0 Å². The molecule has 4 aromatic rings. The first-order chi connectivity index (χ1) is 11.7. The fourth-order valence-electron chi connectivity index (χ4n) is 3.07. The number of hydrogen-bond donors (Lipinski definition) is 1. The average Bonchev–Trinajstić information content (AvgIpc) is 3.23. The van der Waals surface area contributed by atoms with Gasteiger partial charge in [-0.2, -0.15) is 0 Å². The van der Waals surface area contributed by atoms with E-state index in [1.807, 2.05) is 6.20 Å². The molecule has 0 saturated carbocycles. The summed E-state index contributed by atoms with van der Waals surface area (Å²) in [4.78, 5) is 4.47. The fourth-order valence-corrected chi connectivity index (χ4v) is 3.91.